The molecule has 0 aromatic carbocycles. The van der Waals surface area contributed by atoms with Gasteiger partial charge in [0.15, 0.2) is 5.78 Å². The average molecular weight is 325 g/mol. The third kappa shape index (κ3) is 8.66. The van der Waals surface area contributed by atoms with Gasteiger partial charge in [-0.25, -0.2) is 0 Å². The first-order chi connectivity index (χ1) is 11.2. The van der Waals surface area contributed by atoms with Crippen LogP contribution in [0.15, 0.2) is 12.2 Å². The van der Waals surface area contributed by atoms with Crippen LogP contribution in [0.2, 0.25) is 0 Å². The van der Waals surface area contributed by atoms with Gasteiger partial charge in [-0.2, -0.15) is 0 Å². The topological polar surface area (TPSA) is 57.5 Å². The zero-order chi connectivity index (χ0) is 16.9. The Morgan fingerprint density at radius 1 is 1.04 bits per heavy atom. The summed E-state index contributed by atoms with van der Waals surface area (Å²) in [7, 11) is 0. The lowest BCUT2D eigenvalue weighted by Crippen LogP contribution is -2.18. The zero-order valence-corrected chi connectivity index (χ0v) is 14.9. The molecule has 1 saturated carbocycles. The normalized spacial score (nSPS) is 24.6. The van der Waals surface area contributed by atoms with Crippen molar-refractivity contribution < 1.29 is 15.0 Å². The Morgan fingerprint density at radius 3 is 2.52 bits per heavy atom. The quantitative estimate of drug-likeness (QED) is 0.390. The second-order valence-electron chi connectivity index (χ2n) is 7.03. The Bertz CT molecular complexity index is 338. The summed E-state index contributed by atoms with van der Waals surface area (Å²) in [5.74, 6) is 0.938. The summed E-state index contributed by atoms with van der Waals surface area (Å²) < 4.78 is 0. The molecule has 1 fully saturated rings. The van der Waals surface area contributed by atoms with Gasteiger partial charge in [-0.05, 0) is 50.0 Å². The highest BCUT2D eigenvalue weighted by Crippen LogP contribution is 2.36. The van der Waals surface area contributed by atoms with Crippen molar-refractivity contribution in [2.45, 2.75) is 90.1 Å². The van der Waals surface area contributed by atoms with Crippen molar-refractivity contribution in [1.29, 1.82) is 0 Å². The Morgan fingerprint density at radius 2 is 1.78 bits per heavy atom. The van der Waals surface area contributed by atoms with E-state index in [1.54, 1.807) is 6.08 Å². The van der Waals surface area contributed by atoms with Crippen molar-refractivity contribution in [3.05, 3.63) is 12.2 Å². The zero-order valence-electron chi connectivity index (χ0n) is 14.9. The van der Waals surface area contributed by atoms with Crippen LogP contribution in [-0.4, -0.2) is 28.7 Å². The second kappa shape index (κ2) is 12.7. The maximum absolute atomic E-state index is 11.9. The maximum atomic E-state index is 11.9. The van der Waals surface area contributed by atoms with Gasteiger partial charge in [0.25, 0.3) is 0 Å². The monoisotopic (exact) mass is 324 g/mol. The predicted molar refractivity (Wildman–Crippen MR) is 95.3 cm³/mol. The predicted octanol–water partition coefficient (Wildman–Crippen LogP) is 4.41. The third-order valence-corrected chi connectivity index (χ3v) is 5.09. The lowest BCUT2D eigenvalue weighted by molar-refractivity contribution is -0.114. The molecule has 0 aliphatic heterocycles. The molecule has 0 bridgehead atoms. The third-order valence-electron chi connectivity index (χ3n) is 5.09. The van der Waals surface area contributed by atoms with Crippen LogP contribution in [0.25, 0.3) is 0 Å². The molecule has 0 radical (unpaired) electrons. The molecule has 134 valence electrons. The molecule has 0 aromatic rings. The van der Waals surface area contributed by atoms with E-state index in [4.69, 9.17) is 5.11 Å². The number of aliphatic hydroxyl groups excluding tert-OH is 2. The fourth-order valence-corrected chi connectivity index (χ4v) is 3.61. The van der Waals surface area contributed by atoms with Crippen LogP contribution in [0.3, 0.4) is 0 Å². The first-order valence-corrected chi connectivity index (χ1v) is 9.69. The molecule has 0 aromatic heterocycles. The van der Waals surface area contributed by atoms with Crippen LogP contribution in [0.5, 0.6) is 0 Å². The first-order valence-electron chi connectivity index (χ1n) is 9.69. The number of carbonyl (C=O) groups is 1. The smallest absolute Gasteiger partial charge is 0.155 e. The van der Waals surface area contributed by atoms with Crippen LogP contribution < -0.4 is 0 Å². The van der Waals surface area contributed by atoms with E-state index >= 15 is 0 Å². The highest BCUT2D eigenvalue weighted by Gasteiger charge is 2.32. The summed E-state index contributed by atoms with van der Waals surface area (Å²) in [4.78, 5) is 11.9. The van der Waals surface area contributed by atoms with E-state index in [2.05, 4.69) is 13.0 Å². The molecule has 0 heterocycles. The molecule has 3 nitrogen and oxygen atoms in total. The summed E-state index contributed by atoms with van der Waals surface area (Å²) in [6.07, 6.45) is 16.0. The van der Waals surface area contributed by atoms with Gasteiger partial charge in [-0.1, -0.05) is 51.5 Å². The van der Waals surface area contributed by atoms with Gasteiger partial charge in [-0.15, -0.1) is 0 Å². The van der Waals surface area contributed by atoms with Gasteiger partial charge in [0.2, 0.25) is 0 Å². The van der Waals surface area contributed by atoms with Crippen molar-refractivity contribution in [2.75, 3.05) is 6.61 Å². The standard InChI is InChI=1S/C20H36O3/c1-2-3-7-10-18(22)14-12-17-13-15-20(23)19(17)11-8-5-4-6-9-16-21/h12,14,17,19-21,23H,2-11,13,15-16H2,1H3. The van der Waals surface area contributed by atoms with Gasteiger partial charge >= 0.3 is 0 Å². The van der Waals surface area contributed by atoms with E-state index in [1.807, 2.05) is 0 Å². The highest BCUT2D eigenvalue weighted by atomic mass is 16.3. The average Bonchev–Trinajstić information content (AvgIpc) is 2.89. The Labute approximate surface area is 142 Å². The van der Waals surface area contributed by atoms with E-state index in [-0.39, 0.29) is 11.9 Å². The molecule has 1 aliphatic rings. The fourth-order valence-electron chi connectivity index (χ4n) is 3.61. The van der Waals surface area contributed by atoms with Gasteiger partial charge in [0, 0.05) is 13.0 Å². The molecular weight excluding hydrogens is 288 g/mol. The van der Waals surface area contributed by atoms with Crippen LogP contribution in [0.4, 0.5) is 0 Å². The minimum Gasteiger partial charge on any atom is -0.396 e. The number of allylic oxidation sites excluding steroid dienone is 2. The van der Waals surface area contributed by atoms with Gasteiger partial charge in [0.1, 0.15) is 0 Å². The number of carbonyl (C=O) groups excluding carboxylic acids is 1. The Balaban J connectivity index is 2.28. The number of unbranched alkanes of at least 4 members (excludes halogenated alkanes) is 6. The number of aliphatic hydroxyl groups is 2. The molecule has 3 atom stereocenters. The summed E-state index contributed by atoms with van der Waals surface area (Å²) in [5, 5.41) is 19.0. The molecule has 0 saturated heterocycles. The fraction of sp³-hybridized carbons (Fsp3) is 0.850. The van der Waals surface area contributed by atoms with Crippen LogP contribution >= 0.6 is 0 Å². The van der Waals surface area contributed by atoms with Gasteiger partial charge < -0.3 is 10.2 Å². The van der Waals surface area contributed by atoms with Crippen molar-refractivity contribution in [3.63, 3.8) is 0 Å². The van der Waals surface area contributed by atoms with Crippen molar-refractivity contribution in [3.8, 4) is 0 Å². The van der Waals surface area contributed by atoms with Crippen molar-refractivity contribution >= 4 is 5.78 Å². The first kappa shape index (κ1) is 20.4. The minimum absolute atomic E-state index is 0.197. The van der Waals surface area contributed by atoms with Crippen LogP contribution in [0.1, 0.15) is 84.0 Å². The molecule has 3 heteroatoms. The summed E-state index contributed by atoms with van der Waals surface area (Å²) in [6, 6.07) is 0. The lowest BCUT2D eigenvalue weighted by Gasteiger charge is -2.19. The summed E-state index contributed by atoms with van der Waals surface area (Å²) in [6.45, 7) is 2.44. The van der Waals surface area contributed by atoms with E-state index in [9.17, 15) is 9.90 Å². The molecular formula is C20H36O3. The SMILES string of the molecule is CCCCCC(=O)C=CC1CCC(O)C1CCCCCCCO. The van der Waals surface area contributed by atoms with E-state index in [0.29, 0.717) is 24.9 Å². The number of hydrogen-bond donors (Lipinski definition) is 2. The van der Waals surface area contributed by atoms with Crippen LogP contribution in [0, 0.1) is 11.8 Å². The second-order valence-corrected chi connectivity index (χ2v) is 7.03. The summed E-state index contributed by atoms with van der Waals surface area (Å²) in [5.41, 5.74) is 0. The molecule has 1 rings (SSSR count). The summed E-state index contributed by atoms with van der Waals surface area (Å²) >= 11 is 0. The Kier molecular flexibility index (Phi) is 11.3. The molecule has 2 N–H and O–H groups in total. The van der Waals surface area contributed by atoms with Crippen molar-refractivity contribution in [1.82, 2.24) is 0 Å². The molecule has 0 amide bonds. The largest absolute Gasteiger partial charge is 0.396 e. The molecule has 0 spiro atoms. The van der Waals surface area contributed by atoms with E-state index < -0.39 is 0 Å². The molecule has 23 heavy (non-hydrogen) atoms. The Hall–Kier alpha value is -0.670. The maximum Gasteiger partial charge on any atom is 0.155 e. The van der Waals surface area contributed by atoms with Gasteiger partial charge in [0.05, 0.1) is 6.10 Å². The van der Waals surface area contributed by atoms with E-state index in [1.165, 1.54) is 12.8 Å². The van der Waals surface area contributed by atoms with Crippen LogP contribution in [-0.2, 0) is 4.79 Å². The van der Waals surface area contributed by atoms with E-state index in [0.717, 1.165) is 57.8 Å². The molecule has 3 unspecified atom stereocenters. The highest BCUT2D eigenvalue weighted by molar-refractivity contribution is 5.89. The lowest BCUT2D eigenvalue weighted by atomic mass is 9.88. The number of hydrogen-bond acceptors (Lipinski definition) is 3. The minimum atomic E-state index is -0.197. The molecule has 1 aliphatic carbocycles. The van der Waals surface area contributed by atoms with Gasteiger partial charge in [-0.3, -0.25) is 4.79 Å². The number of ketones is 1. The number of rotatable bonds is 13. The van der Waals surface area contributed by atoms with Crippen molar-refractivity contribution in [2.24, 2.45) is 11.8 Å².